The molecule has 7 heteroatoms. The molecule has 0 aliphatic carbocycles. The molecule has 0 radical (unpaired) electrons. The largest absolute Gasteiger partial charge is 0.369 e. The molecule has 0 aromatic rings. The van der Waals surface area contributed by atoms with Crippen molar-refractivity contribution in [1.82, 2.24) is 15.8 Å². The van der Waals surface area contributed by atoms with Crippen LogP contribution in [0.15, 0.2) is 0 Å². The number of nitrogens with two attached hydrogens (primary N) is 1. The quantitative estimate of drug-likeness (QED) is 0.524. The highest BCUT2D eigenvalue weighted by molar-refractivity contribution is 5.91. The van der Waals surface area contributed by atoms with E-state index >= 15 is 0 Å². The third-order valence-electron chi connectivity index (χ3n) is 3.28. The van der Waals surface area contributed by atoms with Gasteiger partial charge in [-0.1, -0.05) is 0 Å². The second-order valence-corrected chi connectivity index (χ2v) is 4.45. The molecule has 0 aromatic heterocycles. The van der Waals surface area contributed by atoms with Crippen LogP contribution in [0.4, 0.5) is 0 Å². The van der Waals surface area contributed by atoms with Gasteiger partial charge in [-0.3, -0.25) is 19.8 Å². The molecule has 2 heterocycles. The Bertz CT molecular complexity index is 349. The first kappa shape index (κ1) is 11.8. The van der Waals surface area contributed by atoms with E-state index in [2.05, 4.69) is 10.9 Å². The van der Waals surface area contributed by atoms with Gasteiger partial charge in [0.15, 0.2) is 0 Å². The van der Waals surface area contributed by atoms with E-state index in [1.54, 1.807) is 4.90 Å². The van der Waals surface area contributed by atoms with Gasteiger partial charge in [0.2, 0.25) is 17.7 Å². The van der Waals surface area contributed by atoms with Gasteiger partial charge in [0.05, 0.1) is 6.42 Å². The molecular formula is C10H16N4O3. The third-order valence-corrected chi connectivity index (χ3v) is 3.28. The van der Waals surface area contributed by atoms with Crippen molar-refractivity contribution in [2.75, 3.05) is 13.1 Å². The molecule has 3 amide bonds. The van der Waals surface area contributed by atoms with E-state index in [4.69, 9.17) is 5.73 Å². The number of likely N-dealkylation sites (tertiary alicyclic amines) is 1. The smallest absolute Gasteiger partial charge is 0.242 e. The van der Waals surface area contributed by atoms with Crippen LogP contribution in [0.2, 0.25) is 0 Å². The highest BCUT2D eigenvalue weighted by atomic mass is 16.2. The van der Waals surface area contributed by atoms with Crippen LogP contribution in [0.25, 0.3) is 0 Å². The zero-order chi connectivity index (χ0) is 12.4. The molecule has 2 saturated heterocycles. The summed E-state index contributed by atoms with van der Waals surface area (Å²) in [5, 5.41) is 0. The summed E-state index contributed by atoms with van der Waals surface area (Å²) >= 11 is 0. The lowest BCUT2D eigenvalue weighted by atomic mass is 9.96. The van der Waals surface area contributed by atoms with Crippen LogP contribution >= 0.6 is 0 Å². The predicted molar refractivity (Wildman–Crippen MR) is 58.2 cm³/mol. The number of carbonyl (C=O) groups is 3. The highest BCUT2D eigenvalue weighted by Crippen LogP contribution is 2.18. The molecule has 94 valence electrons. The van der Waals surface area contributed by atoms with Crippen LogP contribution in [0.3, 0.4) is 0 Å². The summed E-state index contributed by atoms with van der Waals surface area (Å²) in [5.41, 5.74) is 10.3. The van der Waals surface area contributed by atoms with Gasteiger partial charge in [0, 0.05) is 19.0 Å². The molecule has 1 unspecified atom stereocenters. The Morgan fingerprint density at radius 2 is 1.94 bits per heavy atom. The molecule has 0 spiro atoms. The van der Waals surface area contributed by atoms with Crippen LogP contribution in [0.1, 0.15) is 19.3 Å². The second-order valence-electron chi connectivity index (χ2n) is 4.45. The highest BCUT2D eigenvalue weighted by Gasteiger charge is 2.33. The molecule has 0 bridgehead atoms. The van der Waals surface area contributed by atoms with E-state index in [1.807, 2.05) is 0 Å². The molecule has 2 aliphatic rings. The average molecular weight is 240 g/mol. The van der Waals surface area contributed by atoms with E-state index < -0.39 is 6.04 Å². The van der Waals surface area contributed by atoms with Gasteiger partial charge < -0.3 is 10.6 Å². The number of hydrogen-bond acceptors (Lipinski definition) is 4. The number of nitrogens with zero attached hydrogens (tertiary/aromatic N) is 1. The van der Waals surface area contributed by atoms with E-state index in [9.17, 15) is 14.4 Å². The standard InChI is InChI=1S/C10H16N4O3/c11-9(16)6-1-3-14(4-2-6)10(17)7-5-8(15)13-12-7/h6-7,12H,1-5H2,(H2,11,16)(H,13,15). The summed E-state index contributed by atoms with van der Waals surface area (Å²) < 4.78 is 0. The minimum atomic E-state index is -0.479. The van der Waals surface area contributed by atoms with Crippen LogP contribution in [0, 0.1) is 5.92 Å². The molecule has 0 aromatic carbocycles. The van der Waals surface area contributed by atoms with Crippen molar-refractivity contribution in [3.63, 3.8) is 0 Å². The number of amides is 3. The van der Waals surface area contributed by atoms with Gasteiger partial charge in [0.25, 0.3) is 0 Å². The van der Waals surface area contributed by atoms with Crippen molar-refractivity contribution in [3.05, 3.63) is 0 Å². The lowest BCUT2D eigenvalue weighted by Crippen LogP contribution is -2.49. The van der Waals surface area contributed by atoms with Crippen LogP contribution < -0.4 is 16.6 Å². The van der Waals surface area contributed by atoms with Crippen LogP contribution in [-0.2, 0) is 14.4 Å². The third kappa shape index (κ3) is 2.55. The van der Waals surface area contributed by atoms with Gasteiger partial charge in [-0.05, 0) is 12.8 Å². The first-order chi connectivity index (χ1) is 8.08. The lowest BCUT2D eigenvalue weighted by molar-refractivity contribution is -0.136. The van der Waals surface area contributed by atoms with Crippen LogP contribution in [0.5, 0.6) is 0 Å². The number of primary amides is 1. The Balaban J connectivity index is 1.86. The fraction of sp³-hybridized carbons (Fsp3) is 0.700. The number of piperidine rings is 1. The summed E-state index contributed by atoms with van der Waals surface area (Å²) in [6, 6.07) is -0.479. The number of hydrazine groups is 1. The summed E-state index contributed by atoms with van der Waals surface area (Å²) in [6.07, 6.45) is 1.39. The number of carbonyl (C=O) groups excluding carboxylic acids is 3. The summed E-state index contributed by atoms with van der Waals surface area (Å²) in [4.78, 5) is 35.6. The minimum Gasteiger partial charge on any atom is -0.369 e. The Hall–Kier alpha value is -1.63. The zero-order valence-corrected chi connectivity index (χ0v) is 9.44. The van der Waals surface area contributed by atoms with Crippen molar-refractivity contribution < 1.29 is 14.4 Å². The van der Waals surface area contributed by atoms with E-state index in [0.29, 0.717) is 25.9 Å². The van der Waals surface area contributed by atoms with Gasteiger partial charge >= 0.3 is 0 Å². The van der Waals surface area contributed by atoms with Crippen LogP contribution in [-0.4, -0.2) is 41.8 Å². The normalized spacial score (nSPS) is 25.8. The van der Waals surface area contributed by atoms with Crippen molar-refractivity contribution in [2.24, 2.45) is 11.7 Å². The fourth-order valence-corrected chi connectivity index (χ4v) is 2.21. The molecule has 7 nitrogen and oxygen atoms in total. The monoisotopic (exact) mass is 240 g/mol. The number of nitrogens with one attached hydrogen (secondary N) is 2. The van der Waals surface area contributed by atoms with Gasteiger partial charge in [-0.15, -0.1) is 0 Å². The first-order valence-corrected chi connectivity index (χ1v) is 5.70. The number of rotatable bonds is 2. The molecule has 2 fully saturated rings. The second kappa shape index (κ2) is 4.70. The van der Waals surface area contributed by atoms with Gasteiger partial charge in [-0.25, -0.2) is 5.43 Å². The molecular weight excluding hydrogens is 224 g/mol. The summed E-state index contributed by atoms with van der Waals surface area (Å²) in [7, 11) is 0. The Morgan fingerprint density at radius 3 is 2.41 bits per heavy atom. The minimum absolute atomic E-state index is 0.0914. The Labute approximate surface area is 98.7 Å². The maximum absolute atomic E-state index is 12.0. The molecule has 1 atom stereocenters. The van der Waals surface area contributed by atoms with Crippen molar-refractivity contribution >= 4 is 17.7 Å². The SMILES string of the molecule is NC(=O)C1CCN(C(=O)C2CC(=O)NN2)CC1. The predicted octanol–water partition coefficient (Wildman–Crippen LogP) is -1.90. The summed E-state index contributed by atoms with van der Waals surface area (Å²) in [6.45, 7) is 1.05. The maximum Gasteiger partial charge on any atom is 0.242 e. The maximum atomic E-state index is 12.0. The molecule has 2 rings (SSSR count). The Kier molecular flexibility index (Phi) is 3.28. The molecule has 2 aliphatic heterocycles. The van der Waals surface area contributed by atoms with E-state index in [0.717, 1.165) is 0 Å². The van der Waals surface area contributed by atoms with E-state index in [-0.39, 0.29) is 30.1 Å². The number of hydrogen-bond donors (Lipinski definition) is 3. The molecule has 17 heavy (non-hydrogen) atoms. The lowest BCUT2D eigenvalue weighted by Gasteiger charge is -2.31. The van der Waals surface area contributed by atoms with Crippen molar-refractivity contribution in [1.29, 1.82) is 0 Å². The van der Waals surface area contributed by atoms with Crippen molar-refractivity contribution in [2.45, 2.75) is 25.3 Å². The topological polar surface area (TPSA) is 105 Å². The molecule has 4 N–H and O–H groups in total. The molecule has 0 saturated carbocycles. The van der Waals surface area contributed by atoms with Gasteiger partial charge in [-0.2, -0.15) is 0 Å². The fourth-order valence-electron chi connectivity index (χ4n) is 2.21. The summed E-state index contributed by atoms with van der Waals surface area (Å²) in [5.74, 6) is -0.690. The van der Waals surface area contributed by atoms with E-state index in [1.165, 1.54) is 0 Å². The Morgan fingerprint density at radius 1 is 1.29 bits per heavy atom. The van der Waals surface area contributed by atoms with Gasteiger partial charge in [0.1, 0.15) is 6.04 Å². The zero-order valence-electron chi connectivity index (χ0n) is 9.44. The van der Waals surface area contributed by atoms with Crippen molar-refractivity contribution in [3.8, 4) is 0 Å². The first-order valence-electron chi connectivity index (χ1n) is 5.70. The average Bonchev–Trinajstić information content (AvgIpc) is 2.75.